The number of alkyl halides is 2. The van der Waals surface area contributed by atoms with Gasteiger partial charge in [0.25, 0.3) is 0 Å². The molecular weight excluding hydrogens is 491 g/mol. The third-order valence-electron chi connectivity index (χ3n) is 4.73. The van der Waals surface area contributed by atoms with Gasteiger partial charge in [0.2, 0.25) is 0 Å². The van der Waals surface area contributed by atoms with E-state index in [0.717, 1.165) is 30.2 Å². The van der Waals surface area contributed by atoms with Crippen LogP contribution >= 0.6 is 24.0 Å². The predicted molar refractivity (Wildman–Crippen MR) is 121 cm³/mol. The summed E-state index contributed by atoms with van der Waals surface area (Å²) >= 11 is 0. The Hall–Kier alpha value is -2.10. The number of benzene rings is 2. The van der Waals surface area contributed by atoms with Crippen molar-refractivity contribution in [3.8, 4) is 11.5 Å². The maximum absolute atomic E-state index is 12.3. The van der Waals surface area contributed by atoms with Crippen molar-refractivity contribution in [2.45, 2.75) is 25.5 Å². The Morgan fingerprint density at radius 1 is 1.24 bits per heavy atom. The molecule has 0 spiro atoms. The van der Waals surface area contributed by atoms with Gasteiger partial charge in [0.1, 0.15) is 11.5 Å². The van der Waals surface area contributed by atoms with Gasteiger partial charge < -0.3 is 19.7 Å². The van der Waals surface area contributed by atoms with Gasteiger partial charge >= 0.3 is 6.61 Å². The minimum absolute atomic E-state index is 0. The summed E-state index contributed by atoms with van der Waals surface area (Å²) in [6, 6.07) is 14.8. The molecule has 0 aromatic heterocycles. The van der Waals surface area contributed by atoms with Crippen LogP contribution < -0.4 is 14.8 Å². The van der Waals surface area contributed by atoms with Crippen molar-refractivity contribution in [3.63, 3.8) is 0 Å². The standard InChI is InChI=1S/C21H25F2N3O2.HI/c1-24-21(25-13-16-11-12-27-19-6-4-3-5-18(16)19)26(2)14-15-7-9-17(10-8-15)28-20(22)23;/h3-10,16,20H,11-14H2,1-2H3,(H,24,25);1H. The van der Waals surface area contributed by atoms with Gasteiger partial charge in [-0.15, -0.1) is 24.0 Å². The predicted octanol–water partition coefficient (Wildman–Crippen LogP) is 4.48. The van der Waals surface area contributed by atoms with Crippen LogP contribution in [-0.4, -0.2) is 44.7 Å². The highest BCUT2D eigenvalue weighted by atomic mass is 127. The molecule has 0 aliphatic carbocycles. The molecule has 1 N–H and O–H groups in total. The summed E-state index contributed by atoms with van der Waals surface area (Å²) in [5, 5.41) is 3.43. The molecule has 29 heavy (non-hydrogen) atoms. The monoisotopic (exact) mass is 517 g/mol. The maximum atomic E-state index is 12.3. The van der Waals surface area contributed by atoms with Crippen LogP contribution in [0.5, 0.6) is 11.5 Å². The number of aliphatic imine (C=N–C) groups is 1. The molecule has 2 aromatic carbocycles. The number of halogens is 3. The molecule has 0 radical (unpaired) electrons. The molecule has 5 nitrogen and oxygen atoms in total. The highest BCUT2D eigenvalue weighted by Gasteiger charge is 2.21. The van der Waals surface area contributed by atoms with Crippen molar-refractivity contribution < 1.29 is 18.3 Å². The summed E-state index contributed by atoms with van der Waals surface area (Å²) in [5.41, 5.74) is 2.19. The number of nitrogens with zero attached hydrogens (tertiary/aromatic N) is 2. The van der Waals surface area contributed by atoms with E-state index in [4.69, 9.17) is 4.74 Å². The van der Waals surface area contributed by atoms with E-state index < -0.39 is 6.61 Å². The van der Waals surface area contributed by atoms with Crippen molar-refractivity contribution in [2.75, 3.05) is 27.2 Å². The van der Waals surface area contributed by atoms with Gasteiger partial charge in [-0.05, 0) is 35.7 Å². The second-order valence-corrected chi connectivity index (χ2v) is 6.68. The molecule has 3 rings (SSSR count). The first kappa shape index (κ1) is 23.2. The number of guanidine groups is 1. The Balaban J connectivity index is 0.00000300. The van der Waals surface area contributed by atoms with E-state index in [1.165, 1.54) is 5.56 Å². The molecule has 0 amide bonds. The Morgan fingerprint density at radius 3 is 2.66 bits per heavy atom. The molecule has 8 heteroatoms. The minimum atomic E-state index is -2.81. The van der Waals surface area contributed by atoms with Crippen LogP contribution in [0.4, 0.5) is 8.78 Å². The molecular formula is C21H26F2IN3O2. The average Bonchev–Trinajstić information content (AvgIpc) is 2.69. The molecule has 2 aromatic rings. The van der Waals surface area contributed by atoms with Gasteiger partial charge in [0, 0.05) is 33.1 Å². The Bertz CT molecular complexity index is 803. The van der Waals surface area contributed by atoms with Crippen LogP contribution in [0.3, 0.4) is 0 Å². The lowest BCUT2D eigenvalue weighted by Gasteiger charge is -2.28. The van der Waals surface area contributed by atoms with Crippen molar-refractivity contribution >= 4 is 29.9 Å². The topological polar surface area (TPSA) is 46.1 Å². The third kappa shape index (κ3) is 6.45. The molecule has 0 bridgehead atoms. The fourth-order valence-electron chi connectivity index (χ4n) is 3.35. The molecule has 1 atom stereocenters. The fraction of sp³-hybridized carbons (Fsp3) is 0.381. The zero-order chi connectivity index (χ0) is 19.9. The SMILES string of the molecule is CN=C(NCC1CCOc2ccccc21)N(C)Cc1ccc(OC(F)F)cc1.I. The van der Waals surface area contributed by atoms with Gasteiger partial charge in [0.05, 0.1) is 6.61 Å². The van der Waals surface area contributed by atoms with Gasteiger partial charge in [-0.1, -0.05) is 30.3 Å². The van der Waals surface area contributed by atoms with Crippen LogP contribution in [0.1, 0.15) is 23.5 Å². The number of hydrogen-bond donors (Lipinski definition) is 1. The van der Waals surface area contributed by atoms with E-state index in [1.807, 2.05) is 30.1 Å². The van der Waals surface area contributed by atoms with E-state index >= 15 is 0 Å². The number of hydrogen-bond acceptors (Lipinski definition) is 3. The highest BCUT2D eigenvalue weighted by Crippen LogP contribution is 2.32. The smallest absolute Gasteiger partial charge is 0.387 e. The van der Waals surface area contributed by atoms with Crippen molar-refractivity contribution in [1.29, 1.82) is 0 Å². The first-order valence-corrected chi connectivity index (χ1v) is 9.24. The second-order valence-electron chi connectivity index (χ2n) is 6.68. The van der Waals surface area contributed by atoms with Gasteiger partial charge in [-0.25, -0.2) is 0 Å². The number of ether oxygens (including phenoxy) is 2. The summed E-state index contributed by atoms with van der Waals surface area (Å²) in [5.74, 6) is 2.25. The number of nitrogens with one attached hydrogen (secondary N) is 1. The van der Waals surface area contributed by atoms with Gasteiger partial charge in [-0.3, -0.25) is 4.99 Å². The normalized spacial score (nSPS) is 15.8. The molecule has 1 unspecified atom stereocenters. The second kappa shape index (κ2) is 11.2. The van der Waals surface area contributed by atoms with Gasteiger partial charge in [0.15, 0.2) is 5.96 Å². The molecule has 0 saturated heterocycles. The largest absolute Gasteiger partial charge is 0.493 e. The molecule has 0 fully saturated rings. The van der Waals surface area contributed by atoms with E-state index in [1.54, 1.807) is 31.3 Å². The Labute approximate surface area is 187 Å². The van der Waals surface area contributed by atoms with Crippen LogP contribution in [0.2, 0.25) is 0 Å². The number of rotatable bonds is 6. The quantitative estimate of drug-likeness (QED) is 0.349. The fourth-order valence-corrected chi connectivity index (χ4v) is 3.35. The van der Waals surface area contributed by atoms with E-state index in [9.17, 15) is 8.78 Å². The Kier molecular flexibility index (Phi) is 8.94. The third-order valence-corrected chi connectivity index (χ3v) is 4.73. The summed E-state index contributed by atoms with van der Waals surface area (Å²) in [6.45, 7) is -0.741. The minimum Gasteiger partial charge on any atom is -0.493 e. The molecule has 1 aliphatic heterocycles. The molecule has 1 aliphatic rings. The van der Waals surface area contributed by atoms with Crippen LogP contribution in [-0.2, 0) is 6.54 Å². The van der Waals surface area contributed by atoms with E-state index in [-0.39, 0.29) is 29.7 Å². The zero-order valence-corrected chi connectivity index (χ0v) is 18.8. The molecule has 158 valence electrons. The Morgan fingerprint density at radius 2 is 1.97 bits per heavy atom. The summed E-state index contributed by atoms with van der Waals surface area (Å²) < 4.78 is 34.6. The first-order chi connectivity index (χ1) is 13.6. The van der Waals surface area contributed by atoms with E-state index in [0.29, 0.717) is 19.1 Å². The number of fused-ring (bicyclic) bond motifs is 1. The lowest BCUT2D eigenvalue weighted by molar-refractivity contribution is -0.0498. The number of para-hydroxylation sites is 1. The molecule has 0 saturated carbocycles. The van der Waals surface area contributed by atoms with Crippen molar-refractivity contribution in [2.24, 2.45) is 4.99 Å². The van der Waals surface area contributed by atoms with Crippen LogP contribution in [0.25, 0.3) is 0 Å². The zero-order valence-electron chi connectivity index (χ0n) is 16.5. The summed E-state index contributed by atoms with van der Waals surface area (Å²) in [7, 11) is 3.69. The first-order valence-electron chi connectivity index (χ1n) is 9.24. The van der Waals surface area contributed by atoms with E-state index in [2.05, 4.69) is 21.1 Å². The lowest BCUT2D eigenvalue weighted by atomic mass is 9.93. The maximum Gasteiger partial charge on any atom is 0.387 e. The lowest BCUT2D eigenvalue weighted by Crippen LogP contribution is -2.40. The van der Waals surface area contributed by atoms with Crippen LogP contribution in [0, 0.1) is 0 Å². The summed E-state index contributed by atoms with van der Waals surface area (Å²) in [4.78, 5) is 6.35. The average molecular weight is 517 g/mol. The highest BCUT2D eigenvalue weighted by molar-refractivity contribution is 14.0. The van der Waals surface area contributed by atoms with Crippen molar-refractivity contribution in [1.82, 2.24) is 10.2 Å². The van der Waals surface area contributed by atoms with Crippen molar-refractivity contribution in [3.05, 3.63) is 59.7 Å². The van der Waals surface area contributed by atoms with Crippen LogP contribution in [0.15, 0.2) is 53.5 Å². The summed E-state index contributed by atoms with van der Waals surface area (Å²) in [6.07, 6.45) is 0.955. The molecule has 1 heterocycles. The van der Waals surface area contributed by atoms with Gasteiger partial charge in [-0.2, -0.15) is 8.78 Å².